The summed E-state index contributed by atoms with van der Waals surface area (Å²) in [5, 5.41) is 7.66. The molecule has 21 heavy (non-hydrogen) atoms. The zero-order valence-electron chi connectivity index (χ0n) is 12.9. The highest BCUT2D eigenvalue weighted by atomic mass is 35.5. The molecular formula is C17H23ClN2S. The first-order chi connectivity index (χ1) is 10.0. The molecule has 0 aliphatic heterocycles. The largest absolute Gasteiger partial charge is 0.316 e. The van der Waals surface area contributed by atoms with Crippen LogP contribution in [-0.2, 0) is 6.42 Å². The van der Waals surface area contributed by atoms with Crippen molar-refractivity contribution in [2.24, 2.45) is 5.92 Å². The predicted molar refractivity (Wildman–Crippen MR) is 92.5 cm³/mol. The molecule has 0 spiro atoms. The molecule has 2 rings (SSSR count). The van der Waals surface area contributed by atoms with Gasteiger partial charge < -0.3 is 5.32 Å². The first-order valence-electron chi connectivity index (χ1n) is 7.41. The number of aryl methyl sites for hydroxylation is 1. The topological polar surface area (TPSA) is 24.9 Å². The van der Waals surface area contributed by atoms with E-state index in [9.17, 15) is 0 Å². The SMILES string of the molecule is Cc1nc(CC(CNCC(C)C)c2cccc(Cl)c2)cs1. The van der Waals surface area contributed by atoms with Crippen LogP contribution in [0, 0.1) is 12.8 Å². The third-order valence-corrected chi connectivity index (χ3v) is 4.44. The molecular weight excluding hydrogens is 300 g/mol. The molecule has 0 radical (unpaired) electrons. The van der Waals surface area contributed by atoms with E-state index in [0.717, 1.165) is 29.5 Å². The van der Waals surface area contributed by atoms with Crippen LogP contribution in [0.25, 0.3) is 0 Å². The fourth-order valence-corrected chi connectivity index (χ4v) is 3.19. The Kier molecular flexibility index (Phi) is 6.22. The van der Waals surface area contributed by atoms with Crippen LogP contribution in [0.2, 0.25) is 5.02 Å². The predicted octanol–water partition coefficient (Wildman–Crippen LogP) is 4.68. The maximum Gasteiger partial charge on any atom is 0.0897 e. The summed E-state index contributed by atoms with van der Waals surface area (Å²) >= 11 is 7.86. The van der Waals surface area contributed by atoms with Crippen molar-refractivity contribution in [3.8, 4) is 0 Å². The first-order valence-corrected chi connectivity index (χ1v) is 8.67. The van der Waals surface area contributed by atoms with Gasteiger partial charge in [-0.3, -0.25) is 0 Å². The van der Waals surface area contributed by atoms with Crippen molar-refractivity contribution in [2.45, 2.75) is 33.1 Å². The molecule has 1 aromatic heterocycles. The Morgan fingerprint density at radius 2 is 2.10 bits per heavy atom. The fraction of sp³-hybridized carbons (Fsp3) is 0.471. The minimum absolute atomic E-state index is 0.406. The Labute approximate surface area is 136 Å². The van der Waals surface area contributed by atoms with Gasteiger partial charge in [0.05, 0.1) is 10.7 Å². The van der Waals surface area contributed by atoms with Gasteiger partial charge in [-0.25, -0.2) is 4.98 Å². The summed E-state index contributed by atoms with van der Waals surface area (Å²) in [6.07, 6.45) is 0.954. The van der Waals surface area contributed by atoms with E-state index >= 15 is 0 Å². The summed E-state index contributed by atoms with van der Waals surface area (Å²) in [7, 11) is 0. The van der Waals surface area contributed by atoms with Crippen LogP contribution in [0.3, 0.4) is 0 Å². The van der Waals surface area contributed by atoms with Gasteiger partial charge in [-0.2, -0.15) is 0 Å². The highest BCUT2D eigenvalue weighted by molar-refractivity contribution is 7.09. The second-order valence-corrected chi connectivity index (χ2v) is 7.36. The second-order valence-electron chi connectivity index (χ2n) is 5.87. The number of nitrogens with zero attached hydrogens (tertiary/aromatic N) is 1. The minimum Gasteiger partial charge on any atom is -0.316 e. The quantitative estimate of drug-likeness (QED) is 0.800. The summed E-state index contributed by atoms with van der Waals surface area (Å²) in [5.74, 6) is 1.07. The second kappa shape index (κ2) is 7.92. The zero-order chi connectivity index (χ0) is 15.2. The van der Waals surface area contributed by atoms with Crippen LogP contribution in [0.1, 0.15) is 36.0 Å². The lowest BCUT2D eigenvalue weighted by molar-refractivity contribution is 0.512. The summed E-state index contributed by atoms with van der Waals surface area (Å²) in [4.78, 5) is 4.60. The molecule has 0 fully saturated rings. The minimum atomic E-state index is 0.406. The molecule has 0 saturated heterocycles. The van der Waals surface area contributed by atoms with Crippen LogP contribution >= 0.6 is 22.9 Å². The Balaban J connectivity index is 2.09. The first kappa shape index (κ1) is 16.5. The average Bonchev–Trinajstić information content (AvgIpc) is 2.83. The highest BCUT2D eigenvalue weighted by Crippen LogP contribution is 2.24. The van der Waals surface area contributed by atoms with Gasteiger partial charge >= 0.3 is 0 Å². The standard InChI is InChI=1S/C17H23ClN2S/c1-12(2)9-19-10-15(8-17-11-21-13(3)20-17)14-5-4-6-16(18)7-14/h4-7,11-12,15,19H,8-10H2,1-3H3. The number of halogens is 1. The van der Waals surface area contributed by atoms with Crippen molar-refractivity contribution in [1.29, 1.82) is 0 Å². The number of hydrogen-bond donors (Lipinski definition) is 1. The third kappa shape index (κ3) is 5.42. The molecule has 0 saturated carbocycles. The fourth-order valence-electron chi connectivity index (χ4n) is 2.37. The Bertz CT molecular complexity index is 565. The van der Waals surface area contributed by atoms with Crippen LogP contribution in [0.4, 0.5) is 0 Å². The molecule has 114 valence electrons. The molecule has 1 aromatic carbocycles. The molecule has 1 N–H and O–H groups in total. The van der Waals surface area contributed by atoms with Crippen LogP contribution in [-0.4, -0.2) is 18.1 Å². The van der Waals surface area contributed by atoms with Crippen molar-refractivity contribution in [3.63, 3.8) is 0 Å². The van der Waals surface area contributed by atoms with E-state index in [1.54, 1.807) is 11.3 Å². The Morgan fingerprint density at radius 3 is 2.71 bits per heavy atom. The van der Waals surface area contributed by atoms with Gasteiger partial charge in [0, 0.05) is 22.9 Å². The van der Waals surface area contributed by atoms with E-state index in [1.807, 2.05) is 12.1 Å². The molecule has 4 heteroatoms. The van der Waals surface area contributed by atoms with Crippen molar-refractivity contribution < 1.29 is 0 Å². The van der Waals surface area contributed by atoms with E-state index < -0.39 is 0 Å². The maximum absolute atomic E-state index is 6.15. The molecule has 1 unspecified atom stereocenters. The molecule has 1 atom stereocenters. The van der Waals surface area contributed by atoms with Crippen molar-refractivity contribution in [2.75, 3.05) is 13.1 Å². The molecule has 0 aliphatic rings. The van der Waals surface area contributed by atoms with Crippen molar-refractivity contribution >= 4 is 22.9 Å². The highest BCUT2D eigenvalue weighted by Gasteiger charge is 2.14. The van der Waals surface area contributed by atoms with Crippen LogP contribution < -0.4 is 5.32 Å². The molecule has 0 amide bonds. The molecule has 2 aromatic rings. The van der Waals surface area contributed by atoms with E-state index in [4.69, 9.17) is 11.6 Å². The normalized spacial score (nSPS) is 12.8. The number of aromatic nitrogens is 1. The van der Waals surface area contributed by atoms with Gasteiger partial charge in [-0.1, -0.05) is 37.6 Å². The van der Waals surface area contributed by atoms with E-state index in [1.165, 1.54) is 11.3 Å². The number of nitrogens with one attached hydrogen (secondary N) is 1. The number of benzene rings is 1. The van der Waals surface area contributed by atoms with Gasteiger partial charge in [0.2, 0.25) is 0 Å². The summed E-state index contributed by atoms with van der Waals surface area (Å²) in [5.41, 5.74) is 2.46. The summed E-state index contributed by atoms with van der Waals surface area (Å²) < 4.78 is 0. The van der Waals surface area contributed by atoms with Gasteiger partial charge in [0.25, 0.3) is 0 Å². The van der Waals surface area contributed by atoms with Crippen molar-refractivity contribution in [1.82, 2.24) is 10.3 Å². The van der Waals surface area contributed by atoms with E-state index in [2.05, 4.69) is 48.6 Å². The Morgan fingerprint density at radius 1 is 1.29 bits per heavy atom. The van der Waals surface area contributed by atoms with Gasteiger partial charge in [-0.15, -0.1) is 11.3 Å². The lowest BCUT2D eigenvalue weighted by Gasteiger charge is -2.18. The Hall–Kier alpha value is -0.900. The van der Waals surface area contributed by atoms with Gasteiger partial charge in [-0.05, 0) is 43.5 Å². The third-order valence-electron chi connectivity index (χ3n) is 3.39. The number of hydrogen-bond acceptors (Lipinski definition) is 3. The van der Waals surface area contributed by atoms with Crippen LogP contribution in [0.5, 0.6) is 0 Å². The van der Waals surface area contributed by atoms with E-state index in [0.29, 0.717) is 11.8 Å². The summed E-state index contributed by atoms with van der Waals surface area (Å²) in [6.45, 7) is 8.50. The molecule has 0 aliphatic carbocycles. The zero-order valence-corrected chi connectivity index (χ0v) is 14.5. The van der Waals surface area contributed by atoms with Crippen LogP contribution in [0.15, 0.2) is 29.6 Å². The van der Waals surface area contributed by atoms with Gasteiger partial charge in [0.1, 0.15) is 0 Å². The average molecular weight is 323 g/mol. The lowest BCUT2D eigenvalue weighted by atomic mass is 9.94. The molecule has 0 bridgehead atoms. The lowest BCUT2D eigenvalue weighted by Crippen LogP contribution is -2.26. The monoisotopic (exact) mass is 322 g/mol. The number of thiazole rings is 1. The molecule has 1 heterocycles. The molecule has 2 nitrogen and oxygen atoms in total. The number of rotatable bonds is 7. The van der Waals surface area contributed by atoms with Gasteiger partial charge in [0.15, 0.2) is 0 Å². The summed E-state index contributed by atoms with van der Waals surface area (Å²) in [6, 6.07) is 8.19. The maximum atomic E-state index is 6.15. The van der Waals surface area contributed by atoms with Crippen molar-refractivity contribution in [3.05, 3.63) is 50.9 Å². The van der Waals surface area contributed by atoms with E-state index in [-0.39, 0.29) is 0 Å². The smallest absolute Gasteiger partial charge is 0.0897 e.